The quantitative estimate of drug-likeness (QED) is 0.529. The molecule has 0 amide bonds. The van der Waals surface area contributed by atoms with E-state index in [9.17, 15) is 13.2 Å². The minimum atomic E-state index is -3.26. The first-order chi connectivity index (χ1) is 11.8. The summed E-state index contributed by atoms with van der Waals surface area (Å²) < 4.78 is 39.2. The summed E-state index contributed by atoms with van der Waals surface area (Å²) in [5.74, 6) is 1.25. The van der Waals surface area contributed by atoms with Crippen LogP contribution >= 0.6 is 0 Å². The van der Waals surface area contributed by atoms with E-state index in [0.717, 1.165) is 6.26 Å². The van der Waals surface area contributed by atoms with E-state index in [4.69, 9.17) is 14.2 Å². The molecular formula is C18H20O6S. The predicted molar refractivity (Wildman–Crippen MR) is 93.4 cm³/mol. The topological polar surface area (TPSA) is 78.9 Å². The van der Waals surface area contributed by atoms with E-state index in [0.29, 0.717) is 36.0 Å². The van der Waals surface area contributed by atoms with E-state index >= 15 is 0 Å². The summed E-state index contributed by atoms with van der Waals surface area (Å²) in [6.07, 6.45) is 1.14. The first kappa shape index (κ1) is 19.0. The Bertz CT molecular complexity index is 840. The van der Waals surface area contributed by atoms with Gasteiger partial charge in [0.25, 0.3) is 0 Å². The molecule has 7 heteroatoms. The molecule has 0 aliphatic rings. The Labute approximate surface area is 147 Å². The average Bonchev–Trinajstić information content (AvgIpc) is 2.54. The standard InChI is InChI=1S/C18H20O6S/c1-13(19)14-10-16(23-9-8-22-2)12-17(11-14)24-15-4-6-18(7-5-15)25(3,20)21/h4-7,10-12H,8-9H2,1-3H3. The van der Waals surface area contributed by atoms with Crippen LogP contribution in [0.4, 0.5) is 0 Å². The molecule has 0 N–H and O–H groups in total. The highest BCUT2D eigenvalue weighted by molar-refractivity contribution is 7.90. The summed E-state index contributed by atoms with van der Waals surface area (Å²) in [5, 5.41) is 0. The number of methoxy groups -OCH3 is 1. The minimum absolute atomic E-state index is 0.116. The van der Waals surface area contributed by atoms with Crippen molar-refractivity contribution in [3.8, 4) is 17.2 Å². The zero-order chi connectivity index (χ0) is 18.4. The molecule has 0 bridgehead atoms. The second kappa shape index (κ2) is 8.13. The summed E-state index contributed by atoms with van der Waals surface area (Å²) in [6.45, 7) is 2.23. The van der Waals surface area contributed by atoms with Gasteiger partial charge in [0.2, 0.25) is 0 Å². The molecular weight excluding hydrogens is 344 g/mol. The second-order valence-corrected chi connectivity index (χ2v) is 7.45. The third-order valence-corrected chi connectivity index (χ3v) is 4.46. The second-order valence-electron chi connectivity index (χ2n) is 5.44. The zero-order valence-electron chi connectivity index (χ0n) is 14.3. The largest absolute Gasteiger partial charge is 0.491 e. The van der Waals surface area contributed by atoms with Crippen molar-refractivity contribution in [1.82, 2.24) is 0 Å². The van der Waals surface area contributed by atoms with E-state index in [1.54, 1.807) is 37.4 Å². The number of rotatable bonds is 8. The lowest BCUT2D eigenvalue weighted by molar-refractivity contribution is 0.101. The van der Waals surface area contributed by atoms with Crippen molar-refractivity contribution in [2.75, 3.05) is 26.6 Å². The molecule has 0 spiro atoms. The van der Waals surface area contributed by atoms with Gasteiger partial charge in [-0.25, -0.2) is 8.42 Å². The fourth-order valence-electron chi connectivity index (χ4n) is 2.05. The van der Waals surface area contributed by atoms with Crippen molar-refractivity contribution in [3.63, 3.8) is 0 Å². The van der Waals surface area contributed by atoms with Gasteiger partial charge in [-0.3, -0.25) is 4.79 Å². The van der Waals surface area contributed by atoms with Crippen molar-refractivity contribution >= 4 is 15.6 Å². The van der Waals surface area contributed by atoms with E-state index in [1.165, 1.54) is 19.1 Å². The monoisotopic (exact) mass is 364 g/mol. The molecule has 2 aromatic carbocycles. The molecule has 0 atom stereocenters. The van der Waals surface area contributed by atoms with Gasteiger partial charge in [0.1, 0.15) is 23.9 Å². The summed E-state index contributed by atoms with van der Waals surface area (Å²) in [7, 11) is -1.69. The van der Waals surface area contributed by atoms with Gasteiger partial charge < -0.3 is 14.2 Å². The fraction of sp³-hybridized carbons (Fsp3) is 0.278. The van der Waals surface area contributed by atoms with Crippen molar-refractivity contribution in [2.45, 2.75) is 11.8 Å². The number of Topliss-reactive ketones (excluding diaryl/α,β-unsaturated/α-hetero) is 1. The van der Waals surface area contributed by atoms with Gasteiger partial charge in [-0.05, 0) is 43.3 Å². The molecule has 0 saturated carbocycles. The van der Waals surface area contributed by atoms with Crippen LogP contribution < -0.4 is 9.47 Å². The maximum absolute atomic E-state index is 11.7. The van der Waals surface area contributed by atoms with Crippen LogP contribution in [0.25, 0.3) is 0 Å². The molecule has 25 heavy (non-hydrogen) atoms. The molecule has 0 aliphatic carbocycles. The lowest BCUT2D eigenvalue weighted by atomic mass is 10.1. The van der Waals surface area contributed by atoms with Crippen LogP contribution in [0.3, 0.4) is 0 Å². The maximum atomic E-state index is 11.7. The molecule has 0 unspecified atom stereocenters. The normalized spacial score (nSPS) is 11.2. The Morgan fingerprint density at radius 1 is 0.960 bits per heavy atom. The van der Waals surface area contributed by atoms with Crippen molar-refractivity contribution in [1.29, 1.82) is 0 Å². The highest BCUT2D eigenvalue weighted by atomic mass is 32.2. The highest BCUT2D eigenvalue weighted by Gasteiger charge is 2.10. The Kier molecular flexibility index (Phi) is 6.17. The summed E-state index contributed by atoms with van der Waals surface area (Å²) in [6, 6.07) is 11.0. The smallest absolute Gasteiger partial charge is 0.175 e. The van der Waals surface area contributed by atoms with Crippen molar-refractivity contribution < 1.29 is 27.4 Å². The van der Waals surface area contributed by atoms with E-state index in [2.05, 4.69) is 0 Å². The minimum Gasteiger partial charge on any atom is -0.491 e. The summed E-state index contributed by atoms with van der Waals surface area (Å²) in [4.78, 5) is 11.9. The van der Waals surface area contributed by atoms with Gasteiger partial charge in [0, 0.05) is 25.0 Å². The third kappa shape index (κ3) is 5.58. The molecule has 0 heterocycles. The Balaban J connectivity index is 2.23. The highest BCUT2D eigenvalue weighted by Crippen LogP contribution is 2.28. The van der Waals surface area contributed by atoms with E-state index in [1.807, 2.05) is 0 Å². The molecule has 0 aromatic heterocycles. The van der Waals surface area contributed by atoms with Crippen molar-refractivity contribution in [2.24, 2.45) is 0 Å². The number of carbonyl (C=O) groups excluding carboxylic acids is 1. The Morgan fingerprint density at radius 2 is 1.60 bits per heavy atom. The van der Waals surface area contributed by atoms with Gasteiger partial charge in [0.15, 0.2) is 15.6 Å². The third-order valence-electron chi connectivity index (χ3n) is 3.33. The SMILES string of the molecule is COCCOc1cc(Oc2ccc(S(C)(=O)=O)cc2)cc(C(C)=O)c1. The van der Waals surface area contributed by atoms with Gasteiger partial charge in [-0.1, -0.05) is 0 Å². The molecule has 2 aromatic rings. The summed E-state index contributed by atoms with van der Waals surface area (Å²) >= 11 is 0. The molecule has 0 radical (unpaired) electrons. The number of benzene rings is 2. The molecule has 2 rings (SSSR count). The zero-order valence-corrected chi connectivity index (χ0v) is 15.1. The van der Waals surface area contributed by atoms with Crippen LogP contribution in [0.15, 0.2) is 47.4 Å². The van der Waals surface area contributed by atoms with Gasteiger partial charge in [0.05, 0.1) is 11.5 Å². The van der Waals surface area contributed by atoms with Crippen LogP contribution in [0.2, 0.25) is 0 Å². The van der Waals surface area contributed by atoms with Crippen LogP contribution in [0.1, 0.15) is 17.3 Å². The van der Waals surface area contributed by atoms with Crippen LogP contribution in [0, 0.1) is 0 Å². The number of ether oxygens (including phenoxy) is 3. The number of ketones is 1. The van der Waals surface area contributed by atoms with E-state index < -0.39 is 9.84 Å². The lowest BCUT2D eigenvalue weighted by Crippen LogP contribution is -2.05. The molecule has 0 fully saturated rings. The van der Waals surface area contributed by atoms with Gasteiger partial charge in [-0.2, -0.15) is 0 Å². The molecule has 0 aliphatic heterocycles. The van der Waals surface area contributed by atoms with Gasteiger partial charge in [-0.15, -0.1) is 0 Å². The molecule has 0 saturated heterocycles. The van der Waals surface area contributed by atoms with Crippen LogP contribution in [-0.2, 0) is 14.6 Å². The number of sulfone groups is 1. The lowest BCUT2D eigenvalue weighted by Gasteiger charge is -2.11. The average molecular weight is 364 g/mol. The number of carbonyl (C=O) groups is 1. The Hall–Kier alpha value is -2.38. The van der Waals surface area contributed by atoms with Crippen LogP contribution in [-0.4, -0.2) is 40.8 Å². The Morgan fingerprint density at radius 3 is 2.16 bits per heavy atom. The fourth-order valence-corrected chi connectivity index (χ4v) is 2.68. The van der Waals surface area contributed by atoms with Gasteiger partial charge >= 0.3 is 0 Å². The number of hydrogen-bond acceptors (Lipinski definition) is 6. The van der Waals surface area contributed by atoms with E-state index in [-0.39, 0.29) is 10.7 Å². The van der Waals surface area contributed by atoms with Crippen LogP contribution in [0.5, 0.6) is 17.2 Å². The first-order valence-corrected chi connectivity index (χ1v) is 9.44. The predicted octanol–water partition coefficient (Wildman–Crippen LogP) is 3.11. The molecule has 134 valence electrons. The van der Waals surface area contributed by atoms with Crippen molar-refractivity contribution in [3.05, 3.63) is 48.0 Å². The maximum Gasteiger partial charge on any atom is 0.175 e. The summed E-state index contributed by atoms with van der Waals surface area (Å²) in [5.41, 5.74) is 0.456. The first-order valence-electron chi connectivity index (χ1n) is 7.55. The molecule has 6 nitrogen and oxygen atoms in total. The number of hydrogen-bond donors (Lipinski definition) is 0.